The Morgan fingerprint density at radius 1 is 1.21 bits per heavy atom. The Morgan fingerprint density at radius 2 is 2.05 bits per heavy atom. The van der Waals surface area contributed by atoms with Gasteiger partial charge < -0.3 is 4.74 Å². The minimum atomic E-state index is 0.278. The van der Waals surface area contributed by atoms with Crippen LogP contribution in [0.3, 0.4) is 0 Å². The Morgan fingerprint density at radius 3 is 2.95 bits per heavy atom. The number of para-hydroxylation sites is 1. The number of hydrogen-bond acceptors (Lipinski definition) is 2. The zero-order chi connectivity index (χ0) is 13.2. The van der Waals surface area contributed by atoms with Crippen molar-refractivity contribution < 1.29 is 9.53 Å². The molecule has 1 heterocycles. The molecule has 0 bridgehead atoms. The molecule has 3 unspecified atom stereocenters. The summed E-state index contributed by atoms with van der Waals surface area (Å²) in [6, 6.07) is 8.31. The quantitative estimate of drug-likeness (QED) is 0.803. The van der Waals surface area contributed by atoms with Gasteiger partial charge in [-0.2, -0.15) is 0 Å². The number of benzene rings is 1. The zero-order valence-corrected chi connectivity index (χ0v) is 11.6. The van der Waals surface area contributed by atoms with Crippen molar-refractivity contribution in [2.75, 3.05) is 6.61 Å². The van der Waals surface area contributed by atoms with Crippen LogP contribution in [0.2, 0.25) is 0 Å². The highest BCUT2D eigenvalue weighted by molar-refractivity contribution is 5.81. The van der Waals surface area contributed by atoms with Gasteiger partial charge in [0.1, 0.15) is 11.5 Å². The minimum Gasteiger partial charge on any atom is -0.493 e. The van der Waals surface area contributed by atoms with Gasteiger partial charge in [-0.05, 0) is 49.1 Å². The van der Waals surface area contributed by atoms with E-state index in [0.717, 1.165) is 44.5 Å². The molecule has 1 fully saturated rings. The third-order valence-electron chi connectivity index (χ3n) is 4.68. The Kier molecular flexibility index (Phi) is 3.58. The van der Waals surface area contributed by atoms with Crippen LogP contribution in [-0.4, -0.2) is 12.4 Å². The smallest absolute Gasteiger partial charge is 0.136 e. The lowest BCUT2D eigenvalue weighted by Crippen LogP contribution is -2.27. The predicted molar refractivity (Wildman–Crippen MR) is 75.4 cm³/mol. The molecule has 0 aromatic heterocycles. The number of ether oxygens (including phenoxy) is 1. The summed E-state index contributed by atoms with van der Waals surface area (Å²) >= 11 is 0. The molecule has 1 aliphatic carbocycles. The summed E-state index contributed by atoms with van der Waals surface area (Å²) in [6.07, 6.45) is 5.02. The Bertz CT molecular complexity index is 466. The molecule has 0 radical (unpaired) electrons. The van der Waals surface area contributed by atoms with Crippen molar-refractivity contribution in [3.8, 4) is 5.75 Å². The van der Waals surface area contributed by atoms with Gasteiger partial charge in [-0.1, -0.05) is 25.1 Å². The first-order valence-corrected chi connectivity index (χ1v) is 7.48. The number of rotatable bonds is 2. The van der Waals surface area contributed by atoms with Crippen molar-refractivity contribution in [3.63, 3.8) is 0 Å². The molecule has 1 saturated carbocycles. The highest BCUT2D eigenvalue weighted by Gasteiger charge is 2.31. The topological polar surface area (TPSA) is 26.3 Å². The van der Waals surface area contributed by atoms with Crippen LogP contribution in [0.4, 0.5) is 0 Å². The molecule has 2 nitrogen and oxygen atoms in total. The van der Waals surface area contributed by atoms with Crippen molar-refractivity contribution in [2.24, 2.45) is 11.8 Å². The highest BCUT2D eigenvalue weighted by atomic mass is 16.5. The SMILES string of the molecule is CC1CCC(=O)C(CC2CCOc3ccccc32)C1. The largest absolute Gasteiger partial charge is 0.493 e. The monoisotopic (exact) mass is 258 g/mol. The summed E-state index contributed by atoms with van der Waals surface area (Å²) in [5.74, 6) is 3.00. The van der Waals surface area contributed by atoms with E-state index in [9.17, 15) is 4.79 Å². The summed E-state index contributed by atoms with van der Waals surface area (Å²) in [4.78, 5) is 12.1. The summed E-state index contributed by atoms with van der Waals surface area (Å²) in [6.45, 7) is 3.06. The van der Waals surface area contributed by atoms with E-state index in [1.165, 1.54) is 5.56 Å². The number of Topliss-reactive ketones (excluding diaryl/α,β-unsaturated/α-hetero) is 1. The summed E-state index contributed by atoms with van der Waals surface area (Å²) in [5, 5.41) is 0. The number of hydrogen-bond donors (Lipinski definition) is 0. The molecule has 1 aromatic carbocycles. The van der Waals surface area contributed by atoms with E-state index in [1.54, 1.807) is 0 Å². The van der Waals surface area contributed by atoms with Gasteiger partial charge in [-0.3, -0.25) is 4.79 Å². The fraction of sp³-hybridized carbons (Fsp3) is 0.588. The molecule has 0 spiro atoms. The Labute approximate surface area is 115 Å². The maximum atomic E-state index is 12.1. The van der Waals surface area contributed by atoms with Gasteiger partial charge in [0.15, 0.2) is 0 Å². The second-order valence-corrected chi connectivity index (χ2v) is 6.15. The number of ketones is 1. The van der Waals surface area contributed by atoms with Crippen molar-refractivity contribution >= 4 is 5.78 Å². The summed E-state index contributed by atoms with van der Waals surface area (Å²) < 4.78 is 5.71. The normalized spacial score (nSPS) is 30.6. The lowest BCUT2D eigenvalue weighted by atomic mass is 9.75. The molecule has 0 saturated heterocycles. The average Bonchev–Trinajstić information content (AvgIpc) is 2.43. The van der Waals surface area contributed by atoms with Gasteiger partial charge in [-0.25, -0.2) is 0 Å². The summed E-state index contributed by atoms with van der Waals surface area (Å²) in [5.41, 5.74) is 1.31. The van der Waals surface area contributed by atoms with Gasteiger partial charge in [0.05, 0.1) is 6.61 Å². The van der Waals surface area contributed by atoms with Gasteiger partial charge in [0, 0.05) is 12.3 Å². The Hall–Kier alpha value is -1.31. The standard InChI is InChI=1S/C17H22O2/c1-12-6-7-16(18)14(10-12)11-13-8-9-19-17-5-3-2-4-15(13)17/h2-5,12-14H,6-11H2,1H3. The predicted octanol–water partition coefficient (Wildman–Crippen LogP) is 3.95. The highest BCUT2D eigenvalue weighted by Crippen LogP contribution is 2.40. The zero-order valence-electron chi connectivity index (χ0n) is 11.6. The minimum absolute atomic E-state index is 0.278. The average molecular weight is 258 g/mol. The summed E-state index contributed by atoms with van der Waals surface area (Å²) in [7, 11) is 0. The lowest BCUT2D eigenvalue weighted by Gasteiger charge is -2.31. The van der Waals surface area contributed by atoms with Crippen LogP contribution in [0.15, 0.2) is 24.3 Å². The van der Waals surface area contributed by atoms with Crippen LogP contribution in [0.1, 0.15) is 50.5 Å². The molecule has 1 aromatic rings. The van der Waals surface area contributed by atoms with Crippen LogP contribution in [0.25, 0.3) is 0 Å². The van der Waals surface area contributed by atoms with Gasteiger partial charge in [0.25, 0.3) is 0 Å². The third-order valence-corrected chi connectivity index (χ3v) is 4.68. The lowest BCUT2D eigenvalue weighted by molar-refractivity contribution is -0.125. The van der Waals surface area contributed by atoms with Crippen molar-refractivity contribution in [2.45, 2.75) is 44.9 Å². The van der Waals surface area contributed by atoms with Crippen LogP contribution < -0.4 is 4.74 Å². The van der Waals surface area contributed by atoms with Gasteiger partial charge in [-0.15, -0.1) is 0 Å². The van der Waals surface area contributed by atoms with Crippen molar-refractivity contribution in [1.29, 1.82) is 0 Å². The van der Waals surface area contributed by atoms with E-state index in [-0.39, 0.29) is 5.92 Å². The molecule has 3 atom stereocenters. The fourth-order valence-corrected chi connectivity index (χ4v) is 3.56. The van der Waals surface area contributed by atoms with Crippen LogP contribution in [0.5, 0.6) is 5.75 Å². The van der Waals surface area contributed by atoms with E-state index in [2.05, 4.69) is 19.1 Å². The molecule has 0 amide bonds. The second kappa shape index (κ2) is 5.36. The third kappa shape index (κ3) is 2.68. The first-order chi connectivity index (χ1) is 9.24. The molecule has 2 aliphatic rings. The molecular formula is C17H22O2. The first-order valence-electron chi connectivity index (χ1n) is 7.48. The molecule has 19 heavy (non-hydrogen) atoms. The van der Waals surface area contributed by atoms with Crippen LogP contribution >= 0.6 is 0 Å². The fourth-order valence-electron chi connectivity index (χ4n) is 3.56. The molecule has 102 valence electrons. The number of fused-ring (bicyclic) bond motifs is 1. The second-order valence-electron chi connectivity index (χ2n) is 6.15. The Balaban J connectivity index is 1.75. The molecule has 3 rings (SSSR count). The number of carbonyl (C=O) groups excluding carboxylic acids is 1. The number of carbonyl (C=O) groups is 1. The molecule has 2 heteroatoms. The van der Waals surface area contributed by atoms with E-state index in [0.29, 0.717) is 17.6 Å². The van der Waals surface area contributed by atoms with Crippen LogP contribution in [0, 0.1) is 11.8 Å². The van der Waals surface area contributed by atoms with Crippen molar-refractivity contribution in [1.82, 2.24) is 0 Å². The van der Waals surface area contributed by atoms with Gasteiger partial charge >= 0.3 is 0 Å². The van der Waals surface area contributed by atoms with E-state index in [4.69, 9.17) is 4.74 Å². The maximum Gasteiger partial charge on any atom is 0.136 e. The van der Waals surface area contributed by atoms with Crippen LogP contribution in [-0.2, 0) is 4.79 Å². The van der Waals surface area contributed by atoms with Gasteiger partial charge in [0.2, 0.25) is 0 Å². The molecule has 1 aliphatic heterocycles. The van der Waals surface area contributed by atoms with E-state index in [1.807, 2.05) is 12.1 Å². The van der Waals surface area contributed by atoms with E-state index < -0.39 is 0 Å². The van der Waals surface area contributed by atoms with Crippen molar-refractivity contribution in [3.05, 3.63) is 29.8 Å². The molecular weight excluding hydrogens is 236 g/mol. The molecule has 0 N–H and O–H groups in total. The van der Waals surface area contributed by atoms with E-state index >= 15 is 0 Å². The maximum absolute atomic E-state index is 12.1. The first kappa shape index (κ1) is 12.7.